The van der Waals surface area contributed by atoms with Gasteiger partial charge in [0.1, 0.15) is 5.69 Å². The molecule has 0 amide bonds. The van der Waals surface area contributed by atoms with Crippen molar-refractivity contribution in [1.29, 1.82) is 0 Å². The lowest BCUT2D eigenvalue weighted by Crippen LogP contribution is -2.11. The molecular formula is C12H10F2N2O2. The van der Waals surface area contributed by atoms with Crippen molar-refractivity contribution < 1.29 is 18.3 Å². The fourth-order valence-corrected chi connectivity index (χ4v) is 1.64. The Balaban J connectivity index is 2.29. The maximum absolute atomic E-state index is 12.9. The van der Waals surface area contributed by atoms with Crippen molar-refractivity contribution in [3.8, 4) is 0 Å². The highest BCUT2D eigenvalue weighted by Gasteiger charge is 2.11. The number of hydrogen-bond donors (Lipinski definition) is 0. The average Bonchev–Trinajstić information content (AvgIpc) is 2.74. The summed E-state index contributed by atoms with van der Waals surface area (Å²) >= 11 is 0. The normalized spacial score (nSPS) is 10.4. The van der Waals surface area contributed by atoms with E-state index < -0.39 is 17.9 Å². The van der Waals surface area contributed by atoms with Crippen molar-refractivity contribution in [2.45, 2.75) is 6.54 Å². The number of rotatable bonds is 3. The molecule has 94 valence electrons. The van der Waals surface area contributed by atoms with Crippen molar-refractivity contribution in [1.82, 2.24) is 9.55 Å². The second-order valence-corrected chi connectivity index (χ2v) is 3.63. The third-order valence-corrected chi connectivity index (χ3v) is 2.40. The van der Waals surface area contributed by atoms with Gasteiger partial charge >= 0.3 is 5.97 Å². The van der Waals surface area contributed by atoms with Gasteiger partial charge < -0.3 is 9.30 Å². The standard InChI is InChI=1S/C12H10F2N2O2/c1-18-12(17)9-3-2-4-16(9)7-8-5-10(13)15-11(14)6-8/h2-6H,7H2,1H3. The van der Waals surface area contributed by atoms with Gasteiger partial charge in [-0.15, -0.1) is 0 Å². The molecule has 0 fully saturated rings. The minimum Gasteiger partial charge on any atom is -0.464 e. The van der Waals surface area contributed by atoms with E-state index in [1.807, 2.05) is 0 Å². The first-order chi connectivity index (χ1) is 8.60. The van der Waals surface area contributed by atoms with Crippen molar-refractivity contribution in [3.63, 3.8) is 0 Å². The Hall–Kier alpha value is -2.24. The van der Waals surface area contributed by atoms with E-state index in [0.717, 1.165) is 12.1 Å². The first-order valence-corrected chi connectivity index (χ1v) is 5.15. The highest BCUT2D eigenvalue weighted by molar-refractivity contribution is 5.87. The number of aromatic nitrogens is 2. The molecule has 0 aliphatic rings. The lowest BCUT2D eigenvalue weighted by Gasteiger charge is -2.07. The van der Waals surface area contributed by atoms with Crippen molar-refractivity contribution in [3.05, 3.63) is 53.6 Å². The minimum atomic E-state index is -0.892. The third-order valence-electron chi connectivity index (χ3n) is 2.40. The van der Waals surface area contributed by atoms with Crippen LogP contribution in [0.15, 0.2) is 30.5 Å². The van der Waals surface area contributed by atoms with Gasteiger partial charge in [-0.3, -0.25) is 0 Å². The molecule has 0 saturated heterocycles. The number of esters is 1. The molecule has 4 nitrogen and oxygen atoms in total. The molecule has 2 aromatic rings. The van der Waals surface area contributed by atoms with Gasteiger partial charge in [-0.05, 0) is 29.8 Å². The largest absolute Gasteiger partial charge is 0.464 e. The zero-order chi connectivity index (χ0) is 13.1. The summed E-state index contributed by atoms with van der Waals surface area (Å²) in [5.41, 5.74) is 0.691. The molecule has 0 atom stereocenters. The number of carbonyl (C=O) groups excluding carboxylic acids is 1. The molecule has 0 aliphatic heterocycles. The van der Waals surface area contributed by atoms with E-state index >= 15 is 0 Å². The van der Waals surface area contributed by atoms with Crippen LogP contribution in [0.5, 0.6) is 0 Å². The number of carbonyl (C=O) groups is 1. The summed E-state index contributed by atoms with van der Waals surface area (Å²) in [6.07, 6.45) is 1.63. The van der Waals surface area contributed by atoms with Gasteiger partial charge in [0.25, 0.3) is 0 Å². The first-order valence-electron chi connectivity index (χ1n) is 5.15. The average molecular weight is 252 g/mol. The van der Waals surface area contributed by atoms with Gasteiger partial charge in [-0.25, -0.2) is 4.79 Å². The fourth-order valence-electron chi connectivity index (χ4n) is 1.64. The predicted octanol–water partition coefficient (Wildman–Crippen LogP) is 2.00. The Labute approximate surface area is 102 Å². The summed E-state index contributed by atoms with van der Waals surface area (Å²) in [5.74, 6) is -2.29. The van der Waals surface area contributed by atoms with Crippen LogP contribution in [0.3, 0.4) is 0 Å². The van der Waals surface area contributed by atoms with E-state index in [-0.39, 0.29) is 6.54 Å². The zero-order valence-electron chi connectivity index (χ0n) is 9.56. The number of halogens is 2. The lowest BCUT2D eigenvalue weighted by atomic mass is 10.2. The summed E-state index contributed by atoms with van der Waals surface area (Å²) in [6.45, 7) is 0.161. The van der Waals surface area contributed by atoms with Gasteiger partial charge in [0.05, 0.1) is 7.11 Å². The molecule has 0 radical (unpaired) electrons. The smallest absolute Gasteiger partial charge is 0.354 e. The van der Waals surface area contributed by atoms with E-state index in [1.165, 1.54) is 7.11 Å². The second kappa shape index (κ2) is 4.95. The fraction of sp³-hybridized carbons (Fsp3) is 0.167. The number of hydrogen-bond acceptors (Lipinski definition) is 3. The third kappa shape index (κ3) is 2.53. The first kappa shape index (κ1) is 12.2. The van der Waals surface area contributed by atoms with E-state index in [1.54, 1.807) is 22.9 Å². The molecule has 0 spiro atoms. The van der Waals surface area contributed by atoms with Gasteiger partial charge in [0.2, 0.25) is 11.9 Å². The van der Waals surface area contributed by atoms with Crippen LogP contribution in [0.4, 0.5) is 8.78 Å². The molecule has 0 N–H and O–H groups in total. The Morgan fingerprint density at radius 2 is 2.06 bits per heavy atom. The quantitative estimate of drug-likeness (QED) is 0.620. The molecule has 0 aromatic carbocycles. The van der Waals surface area contributed by atoms with Crippen LogP contribution in [0.2, 0.25) is 0 Å². The molecule has 6 heteroatoms. The molecule has 2 heterocycles. The number of pyridine rings is 1. The summed E-state index contributed by atoms with van der Waals surface area (Å²) in [5, 5.41) is 0. The molecule has 0 unspecified atom stereocenters. The van der Waals surface area contributed by atoms with Crippen LogP contribution in [-0.2, 0) is 11.3 Å². The van der Waals surface area contributed by atoms with Crippen molar-refractivity contribution in [2.75, 3.05) is 7.11 Å². The molecule has 0 saturated carbocycles. The highest BCUT2D eigenvalue weighted by atomic mass is 19.1. The summed E-state index contributed by atoms with van der Waals surface area (Å²) in [6, 6.07) is 5.45. The molecule has 2 aromatic heterocycles. The van der Waals surface area contributed by atoms with Crippen molar-refractivity contribution in [2.24, 2.45) is 0 Å². The number of nitrogens with zero attached hydrogens (tertiary/aromatic N) is 2. The Kier molecular flexibility index (Phi) is 3.36. The van der Waals surface area contributed by atoms with Crippen LogP contribution < -0.4 is 0 Å². The molecule has 18 heavy (non-hydrogen) atoms. The minimum absolute atomic E-state index is 0.161. The Morgan fingerprint density at radius 3 is 2.67 bits per heavy atom. The van der Waals surface area contributed by atoms with Crippen LogP contribution in [-0.4, -0.2) is 22.6 Å². The molecule has 0 aliphatic carbocycles. The summed E-state index contributed by atoms with van der Waals surface area (Å²) < 4.78 is 32.0. The second-order valence-electron chi connectivity index (χ2n) is 3.63. The Morgan fingerprint density at radius 1 is 1.39 bits per heavy atom. The Bertz CT molecular complexity index is 561. The van der Waals surface area contributed by atoms with Crippen LogP contribution >= 0.6 is 0 Å². The van der Waals surface area contributed by atoms with Crippen molar-refractivity contribution >= 4 is 5.97 Å². The SMILES string of the molecule is COC(=O)c1cccn1Cc1cc(F)nc(F)c1. The van der Waals surface area contributed by atoms with E-state index in [4.69, 9.17) is 0 Å². The lowest BCUT2D eigenvalue weighted by molar-refractivity contribution is 0.0589. The van der Waals surface area contributed by atoms with Crippen LogP contribution in [0.25, 0.3) is 0 Å². The van der Waals surface area contributed by atoms with Gasteiger partial charge in [0.15, 0.2) is 0 Å². The van der Waals surface area contributed by atoms with Gasteiger partial charge in [-0.1, -0.05) is 0 Å². The highest BCUT2D eigenvalue weighted by Crippen LogP contribution is 2.10. The zero-order valence-corrected chi connectivity index (χ0v) is 9.56. The van der Waals surface area contributed by atoms with Crippen LogP contribution in [0.1, 0.15) is 16.1 Å². The van der Waals surface area contributed by atoms with Gasteiger partial charge in [0, 0.05) is 12.7 Å². The van der Waals surface area contributed by atoms with E-state index in [9.17, 15) is 13.6 Å². The number of methoxy groups -OCH3 is 1. The summed E-state index contributed by atoms with van der Waals surface area (Å²) in [7, 11) is 1.27. The number of ether oxygens (including phenoxy) is 1. The maximum atomic E-state index is 12.9. The monoisotopic (exact) mass is 252 g/mol. The molecule has 0 bridgehead atoms. The topological polar surface area (TPSA) is 44.1 Å². The van der Waals surface area contributed by atoms with E-state index in [2.05, 4.69) is 9.72 Å². The van der Waals surface area contributed by atoms with Gasteiger partial charge in [-0.2, -0.15) is 13.8 Å². The predicted molar refractivity (Wildman–Crippen MR) is 59.0 cm³/mol. The molecule has 2 rings (SSSR count). The van der Waals surface area contributed by atoms with Crippen LogP contribution in [0, 0.1) is 11.9 Å². The summed E-state index contributed by atoms with van der Waals surface area (Å²) in [4.78, 5) is 14.4. The maximum Gasteiger partial charge on any atom is 0.354 e. The van der Waals surface area contributed by atoms with E-state index in [0.29, 0.717) is 11.3 Å². The molecular weight excluding hydrogens is 242 g/mol.